The first-order chi connectivity index (χ1) is 11.7. The van der Waals surface area contributed by atoms with Crippen LogP contribution >= 0.6 is 0 Å². The predicted molar refractivity (Wildman–Crippen MR) is 99.8 cm³/mol. The molecule has 0 bridgehead atoms. The number of ether oxygens (including phenoxy) is 1. The van der Waals surface area contributed by atoms with Gasteiger partial charge in [0.25, 0.3) is 0 Å². The van der Waals surface area contributed by atoms with Crippen LogP contribution in [0.3, 0.4) is 0 Å². The summed E-state index contributed by atoms with van der Waals surface area (Å²) in [5.41, 5.74) is 4.03. The molecule has 1 aromatic rings. The van der Waals surface area contributed by atoms with Crippen molar-refractivity contribution >= 4 is 12.6 Å². The summed E-state index contributed by atoms with van der Waals surface area (Å²) in [6, 6.07) is 4.65. The fraction of sp³-hybridized carbons (Fsp3) is 0.714. The van der Waals surface area contributed by atoms with Crippen LogP contribution in [0.25, 0.3) is 0 Å². The lowest BCUT2D eigenvalue weighted by molar-refractivity contribution is 0.00578. The molecule has 1 saturated heterocycles. The quantitative estimate of drug-likeness (QED) is 0.766. The summed E-state index contributed by atoms with van der Waals surface area (Å²) in [6.07, 6.45) is 6.26. The molecule has 0 aromatic heterocycles. The molecule has 1 spiro atoms. The highest BCUT2D eigenvalue weighted by atomic mass is 16.7. The van der Waals surface area contributed by atoms with Gasteiger partial charge in [-0.2, -0.15) is 0 Å². The molecule has 5 rings (SSSR count). The lowest BCUT2D eigenvalue weighted by atomic mass is 9.73. The monoisotopic (exact) mass is 340 g/mol. The fourth-order valence-electron chi connectivity index (χ4n) is 4.37. The Morgan fingerprint density at radius 3 is 1.96 bits per heavy atom. The third-order valence-corrected chi connectivity index (χ3v) is 7.54. The Kier molecular flexibility index (Phi) is 3.01. The summed E-state index contributed by atoms with van der Waals surface area (Å²) in [5.74, 6) is 1.18. The SMILES string of the molecule is CC1(c2cc(B3OC(C)(C)C(C)(C)O3)cc3c2OCCC32CC2)CC1. The summed E-state index contributed by atoms with van der Waals surface area (Å²) < 4.78 is 18.9. The highest BCUT2D eigenvalue weighted by Crippen LogP contribution is 2.60. The Morgan fingerprint density at radius 2 is 1.40 bits per heavy atom. The van der Waals surface area contributed by atoms with Gasteiger partial charge in [-0.15, -0.1) is 0 Å². The average Bonchev–Trinajstić information content (AvgIpc) is 3.44. The lowest BCUT2D eigenvalue weighted by Crippen LogP contribution is -2.41. The van der Waals surface area contributed by atoms with Crippen LogP contribution in [0.1, 0.15) is 77.8 Å². The van der Waals surface area contributed by atoms with Crippen molar-refractivity contribution in [2.75, 3.05) is 6.61 Å². The van der Waals surface area contributed by atoms with Gasteiger partial charge in [-0.3, -0.25) is 0 Å². The van der Waals surface area contributed by atoms with Gasteiger partial charge in [-0.25, -0.2) is 0 Å². The second-order valence-electron chi connectivity index (χ2n) is 9.97. The molecular weight excluding hydrogens is 311 g/mol. The van der Waals surface area contributed by atoms with Crippen molar-refractivity contribution in [1.82, 2.24) is 0 Å². The zero-order chi connectivity index (χ0) is 17.7. The van der Waals surface area contributed by atoms with Crippen molar-refractivity contribution in [3.05, 3.63) is 23.3 Å². The van der Waals surface area contributed by atoms with Crippen molar-refractivity contribution in [2.45, 2.75) is 88.8 Å². The molecule has 4 heteroatoms. The van der Waals surface area contributed by atoms with Gasteiger partial charge >= 0.3 is 7.12 Å². The molecule has 0 amide bonds. The number of benzene rings is 1. The number of fused-ring (bicyclic) bond motifs is 2. The van der Waals surface area contributed by atoms with Crippen LogP contribution < -0.4 is 10.2 Å². The largest absolute Gasteiger partial charge is 0.494 e. The van der Waals surface area contributed by atoms with E-state index in [2.05, 4.69) is 46.8 Å². The van der Waals surface area contributed by atoms with Crippen molar-refractivity contribution in [3.63, 3.8) is 0 Å². The number of hydrogen-bond acceptors (Lipinski definition) is 3. The summed E-state index contributed by atoms with van der Waals surface area (Å²) >= 11 is 0. The first-order valence-electron chi connectivity index (χ1n) is 9.83. The van der Waals surface area contributed by atoms with E-state index >= 15 is 0 Å². The second-order valence-corrected chi connectivity index (χ2v) is 9.97. The minimum Gasteiger partial charge on any atom is -0.493 e. The van der Waals surface area contributed by atoms with Gasteiger partial charge in [-0.05, 0) is 76.2 Å². The zero-order valence-corrected chi connectivity index (χ0v) is 16.2. The summed E-state index contributed by atoms with van der Waals surface area (Å²) in [6.45, 7) is 11.7. The first kappa shape index (κ1) is 16.2. The second kappa shape index (κ2) is 4.64. The third-order valence-electron chi connectivity index (χ3n) is 7.54. The Hall–Kier alpha value is -0.995. The van der Waals surface area contributed by atoms with Gasteiger partial charge in [0.2, 0.25) is 0 Å². The van der Waals surface area contributed by atoms with Gasteiger partial charge in [-0.1, -0.05) is 19.1 Å². The van der Waals surface area contributed by atoms with E-state index in [-0.39, 0.29) is 23.7 Å². The maximum Gasteiger partial charge on any atom is 0.494 e. The molecule has 2 aliphatic heterocycles. The van der Waals surface area contributed by atoms with Gasteiger partial charge in [0.05, 0.1) is 17.8 Å². The van der Waals surface area contributed by atoms with E-state index in [1.165, 1.54) is 48.0 Å². The molecule has 0 atom stereocenters. The lowest BCUT2D eigenvalue weighted by Gasteiger charge is -2.32. The van der Waals surface area contributed by atoms with Crippen LogP contribution in [-0.4, -0.2) is 24.9 Å². The Balaban J connectivity index is 1.62. The van der Waals surface area contributed by atoms with E-state index in [4.69, 9.17) is 14.0 Å². The predicted octanol–water partition coefficient (Wildman–Crippen LogP) is 3.85. The van der Waals surface area contributed by atoms with Gasteiger partial charge in [0, 0.05) is 11.0 Å². The van der Waals surface area contributed by atoms with Gasteiger partial charge in [0.1, 0.15) is 5.75 Å². The smallest absolute Gasteiger partial charge is 0.493 e. The Bertz CT molecular complexity index is 711. The molecular formula is C21H29BO3. The maximum absolute atomic E-state index is 6.35. The number of hydrogen-bond donors (Lipinski definition) is 0. The molecule has 4 aliphatic rings. The highest BCUT2D eigenvalue weighted by molar-refractivity contribution is 6.62. The molecule has 0 radical (unpaired) electrons. The van der Waals surface area contributed by atoms with E-state index in [9.17, 15) is 0 Å². The van der Waals surface area contributed by atoms with E-state index in [1.807, 2.05) is 0 Å². The molecule has 25 heavy (non-hydrogen) atoms. The molecule has 2 heterocycles. The third kappa shape index (κ3) is 2.26. The molecule has 0 unspecified atom stereocenters. The van der Waals surface area contributed by atoms with Crippen LogP contribution in [0.15, 0.2) is 12.1 Å². The van der Waals surface area contributed by atoms with Crippen molar-refractivity contribution in [1.29, 1.82) is 0 Å². The van der Waals surface area contributed by atoms with Crippen molar-refractivity contribution in [2.24, 2.45) is 0 Å². The minimum absolute atomic E-state index is 0.275. The van der Waals surface area contributed by atoms with Crippen LogP contribution in [0.4, 0.5) is 0 Å². The molecule has 3 nitrogen and oxygen atoms in total. The standard InChI is InChI=1S/C21H29BO3/c1-18(2)19(3,4)25-22(24-18)14-12-15(20(5)6-7-20)17-16(13-14)21(8-9-21)10-11-23-17/h12-13H,6-11H2,1-5H3. The zero-order valence-electron chi connectivity index (χ0n) is 16.2. The average molecular weight is 340 g/mol. The normalized spacial score (nSPS) is 29.2. The topological polar surface area (TPSA) is 27.7 Å². The van der Waals surface area contributed by atoms with Crippen LogP contribution in [0, 0.1) is 0 Å². The van der Waals surface area contributed by atoms with Crippen molar-refractivity contribution < 1.29 is 14.0 Å². The highest BCUT2D eigenvalue weighted by Gasteiger charge is 2.55. The van der Waals surface area contributed by atoms with Gasteiger partial charge < -0.3 is 14.0 Å². The van der Waals surface area contributed by atoms with E-state index in [0.29, 0.717) is 5.41 Å². The van der Waals surface area contributed by atoms with Crippen molar-refractivity contribution in [3.8, 4) is 5.75 Å². The van der Waals surface area contributed by atoms with E-state index in [1.54, 1.807) is 0 Å². The van der Waals surface area contributed by atoms with Crippen LogP contribution in [0.5, 0.6) is 5.75 Å². The molecule has 2 aliphatic carbocycles. The molecule has 1 aromatic carbocycles. The van der Waals surface area contributed by atoms with Crippen LogP contribution in [0.2, 0.25) is 0 Å². The van der Waals surface area contributed by atoms with E-state index < -0.39 is 0 Å². The molecule has 3 fully saturated rings. The fourth-order valence-corrected chi connectivity index (χ4v) is 4.37. The van der Waals surface area contributed by atoms with E-state index in [0.717, 1.165) is 13.0 Å². The maximum atomic E-state index is 6.35. The van der Waals surface area contributed by atoms with Gasteiger partial charge in [0.15, 0.2) is 0 Å². The summed E-state index contributed by atoms with van der Waals surface area (Å²) in [7, 11) is -0.283. The number of rotatable bonds is 2. The Morgan fingerprint density at radius 1 is 0.800 bits per heavy atom. The van der Waals surface area contributed by atoms with Crippen LogP contribution in [-0.2, 0) is 20.1 Å². The first-order valence-corrected chi connectivity index (χ1v) is 9.83. The molecule has 0 N–H and O–H groups in total. The Labute approximate surface area is 151 Å². The molecule has 2 saturated carbocycles. The molecule has 134 valence electrons. The summed E-state index contributed by atoms with van der Waals surface area (Å²) in [5, 5.41) is 0. The summed E-state index contributed by atoms with van der Waals surface area (Å²) in [4.78, 5) is 0. The minimum atomic E-state index is -0.301.